The molecular formula is C59H96N2O16S2Si2. The number of rotatable bonds is 38. The first-order valence-electron chi connectivity index (χ1n) is 28.0. The smallest absolute Gasteiger partial charge is 0.319 e. The fourth-order valence-corrected chi connectivity index (χ4v) is 21.4. The number of methoxy groups -OCH3 is 1. The molecule has 0 aliphatic carbocycles. The second kappa shape index (κ2) is 30.7. The van der Waals surface area contributed by atoms with Gasteiger partial charge >= 0.3 is 41.8 Å². The molecule has 8 unspecified atom stereocenters. The Kier molecular flexibility index (Phi) is 28.2. The van der Waals surface area contributed by atoms with Crippen LogP contribution >= 0.6 is 24.0 Å². The molecule has 1 amide bonds. The topological polar surface area (TPSA) is 260 Å². The molecule has 1 aromatic rings. The number of hydrogen-bond acceptors (Lipinski definition) is 15. The molecule has 0 aliphatic heterocycles. The van der Waals surface area contributed by atoms with Crippen molar-refractivity contribution in [2.75, 3.05) is 33.5 Å². The van der Waals surface area contributed by atoms with E-state index in [-0.39, 0.29) is 61.7 Å². The number of benzene rings is 1. The molecule has 0 heterocycles. The van der Waals surface area contributed by atoms with E-state index in [0.29, 0.717) is 31.4 Å². The van der Waals surface area contributed by atoms with Crippen molar-refractivity contribution in [1.82, 2.24) is 5.32 Å². The van der Waals surface area contributed by atoms with Gasteiger partial charge in [-0.05, 0) is 151 Å². The highest BCUT2D eigenvalue weighted by molar-refractivity contribution is 8.25. The number of thiocarbonyl (C=S) groups is 1. The van der Waals surface area contributed by atoms with Crippen molar-refractivity contribution in [3.8, 4) is 0 Å². The number of ether oxygens (including phenoxy) is 4. The molecule has 0 saturated heterocycles. The molecule has 458 valence electrons. The highest BCUT2D eigenvalue weighted by Gasteiger charge is 2.57. The summed E-state index contributed by atoms with van der Waals surface area (Å²) in [6, 6.07) is 9.51. The van der Waals surface area contributed by atoms with E-state index in [4.69, 9.17) is 41.9 Å². The van der Waals surface area contributed by atoms with Gasteiger partial charge in [0.2, 0.25) is 11.4 Å². The lowest BCUT2D eigenvalue weighted by Gasteiger charge is -2.43. The molecular weight excluding hydrogens is 1110 g/mol. The number of carboxylic acids is 3. The minimum Gasteiger partial charge on any atom is -0.481 e. The monoisotopic (exact) mass is 1210 g/mol. The maximum atomic E-state index is 14.9. The number of carboxylic acid groups (broad SMARTS) is 3. The minimum atomic E-state index is -2.05. The van der Waals surface area contributed by atoms with Crippen molar-refractivity contribution >= 4 is 92.5 Å². The van der Waals surface area contributed by atoms with E-state index in [1.165, 1.54) is 48.7 Å². The van der Waals surface area contributed by atoms with Gasteiger partial charge in [-0.1, -0.05) is 81.5 Å². The maximum Gasteiger partial charge on any atom is 0.319 e. The lowest BCUT2D eigenvalue weighted by atomic mass is 9.61. The number of nitrogens with one attached hydrogen (secondary N) is 1. The Morgan fingerprint density at radius 3 is 1.52 bits per heavy atom. The lowest BCUT2D eigenvalue weighted by molar-refractivity contribution is -0.174. The summed E-state index contributed by atoms with van der Waals surface area (Å²) in [6.07, 6.45) is -0.489. The van der Waals surface area contributed by atoms with Crippen LogP contribution in [0.25, 0.3) is 4.85 Å². The number of aliphatic carboxylic acids is 3. The molecule has 8 atom stereocenters. The van der Waals surface area contributed by atoms with E-state index >= 15 is 0 Å². The quantitative estimate of drug-likeness (QED) is 0.0120. The first-order valence-corrected chi connectivity index (χ1v) is 35.8. The second-order valence-electron chi connectivity index (χ2n) is 25.9. The van der Waals surface area contributed by atoms with Gasteiger partial charge in [0.05, 0.1) is 50.4 Å². The Balaban J connectivity index is 3.91. The van der Waals surface area contributed by atoms with Crippen LogP contribution in [-0.4, -0.2) is 128 Å². The van der Waals surface area contributed by atoms with E-state index in [2.05, 4.69) is 42.9 Å². The van der Waals surface area contributed by atoms with E-state index in [0.717, 1.165) is 17.8 Å². The molecule has 0 saturated carbocycles. The van der Waals surface area contributed by atoms with Crippen LogP contribution < -0.4 is 5.32 Å². The summed E-state index contributed by atoms with van der Waals surface area (Å²) in [4.78, 5) is 114. The van der Waals surface area contributed by atoms with Crippen molar-refractivity contribution in [2.45, 2.75) is 209 Å². The molecule has 0 spiro atoms. The highest BCUT2D eigenvalue weighted by atomic mass is 32.2. The van der Waals surface area contributed by atoms with Gasteiger partial charge in [0.25, 0.3) is 0 Å². The summed E-state index contributed by atoms with van der Waals surface area (Å²) in [5, 5.41) is 35.4. The summed E-state index contributed by atoms with van der Waals surface area (Å²) in [5.41, 5.74) is -10.9. The summed E-state index contributed by atoms with van der Waals surface area (Å²) < 4.78 is 27.2. The number of esters is 4. The van der Waals surface area contributed by atoms with E-state index in [1.807, 2.05) is 6.92 Å². The van der Waals surface area contributed by atoms with E-state index in [1.54, 1.807) is 58.0 Å². The first kappa shape index (κ1) is 74.3. The third kappa shape index (κ3) is 22.8. The van der Waals surface area contributed by atoms with Gasteiger partial charge in [0.1, 0.15) is 18.0 Å². The van der Waals surface area contributed by atoms with Gasteiger partial charge in [-0.15, -0.1) is 0 Å². The molecule has 22 heteroatoms. The molecule has 81 heavy (non-hydrogen) atoms. The van der Waals surface area contributed by atoms with Gasteiger partial charge in [0.15, 0.2) is 16.6 Å². The predicted molar refractivity (Wildman–Crippen MR) is 322 cm³/mol. The fraction of sp³-hybridized carbons (Fsp3) is 0.729. The van der Waals surface area contributed by atoms with E-state index in [9.17, 15) is 53.7 Å². The second-order valence-corrected chi connectivity index (χ2v) is 37.1. The number of amides is 1. The number of hydrogen-bond donors (Lipinski definition) is 4. The van der Waals surface area contributed by atoms with Crippen molar-refractivity contribution in [3.05, 3.63) is 47.3 Å². The van der Waals surface area contributed by atoms with Gasteiger partial charge in [-0.25, -0.2) is 6.57 Å². The Morgan fingerprint density at radius 1 is 0.617 bits per heavy atom. The van der Waals surface area contributed by atoms with Crippen LogP contribution in [0.3, 0.4) is 0 Å². The zero-order valence-electron chi connectivity index (χ0n) is 51.5. The van der Waals surface area contributed by atoms with Crippen LogP contribution in [-0.2, 0) is 61.4 Å². The SMILES string of the molecule is [C-]#[N+]C(C)(CCC(=O)NCCC[Si](C)(C)O[Si](C)(C)C)CC(C)(CC(C)(CC(C)(CC(C)(SC(=S)c1ccccc1)C(=O)O)C(=O)OCCC)C(=O)O)C(=O)OCCOC(=O)C(C)(CC(C)(CCC)C(=O)O)CC(C)(CC)C(=O)OC. The van der Waals surface area contributed by atoms with E-state index < -0.39 is 134 Å². The molecule has 1 rings (SSSR count). The third-order valence-electron chi connectivity index (χ3n) is 15.2. The average molecular weight is 1210 g/mol. The van der Waals surface area contributed by atoms with Gasteiger partial charge < -0.3 is 48.5 Å². The molecule has 4 N–H and O–H groups in total. The van der Waals surface area contributed by atoms with Crippen LogP contribution in [0.5, 0.6) is 0 Å². The summed E-state index contributed by atoms with van der Waals surface area (Å²) in [6.45, 7) is 35.5. The Morgan fingerprint density at radius 2 is 1.09 bits per heavy atom. The number of carbonyl (C=O) groups is 8. The largest absolute Gasteiger partial charge is 0.481 e. The number of thioether (sulfide) groups is 1. The van der Waals surface area contributed by atoms with Crippen LogP contribution in [0.2, 0.25) is 38.8 Å². The summed E-state index contributed by atoms with van der Waals surface area (Å²) >= 11 is 6.53. The lowest BCUT2D eigenvalue weighted by Crippen LogP contribution is -2.49. The first-order chi connectivity index (χ1) is 37.1. The van der Waals surface area contributed by atoms with Gasteiger partial charge in [-0.3, -0.25) is 38.4 Å². The zero-order chi connectivity index (χ0) is 62.7. The van der Waals surface area contributed by atoms with Crippen molar-refractivity contribution < 1.29 is 76.7 Å². The Hall–Kier alpha value is -4.70. The van der Waals surface area contributed by atoms with Gasteiger partial charge in [0, 0.05) is 32.7 Å². The van der Waals surface area contributed by atoms with Crippen LogP contribution in [0.4, 0.5) is 0 Å². The van der Waals surface area contributed by atoms with Gasteiger partial charge in [-0.2, -0.15) is 0 Å². The maximum absolute atomic E-state index is 14.9. The summed E-state index contributed by atoms with van der Waals surface area (Å²) in [5.74, 6) is -7.59. The minimum absolute atomic E-state index is 0.0592. The molecule has 0 aliphatic rings. The third-order valence-corrected chi connectivity index (χ3v) is 23.1. The van der Waals surface area contributed by atoms with Crippen molar-refractivity contribution in [3.63, 3.8) is 0 Å². The number of carbonyl (C=O) groups excluding carboxylic acids is 5. The normalized spacial score (nSPS) is 17.8. The zero-order valence-corrected chi connectivity index (χ0v) is 55.2. The molecule has 0 aromatic heterocycles. The van der Waals surface area contributed by atoms with Crippen LogP contribution in [0.15, 0.2) is 30.3 Å². The molecule has 0 radical (unpaired) electrons. The molecule has 1 aromatic carbocycles. The average Bonchev–Trinajstić information content (AvgIpc) is 3.39. The van der Waals surface area contributed by atoms with Crippen LogP contribution in [0, 0.1) is 39.1 Å². The predicted octanol–water partition coefficient (Wildman–Crippen LogP) is 11.9. The fourth-order valence-electron chi connectivity index (χ4n) is 11.5. The molecule has 0 bridgehead atoms. The summed E-state index contributed by atoms with van der Waals surface area (Å²) in [7, 11) is -2.54. The van der Waals surface area contributed by atoms with Crippen molar-refractivity contribution in [1.29, 1.82) is 0 Å². The Bertz CT molecular complexity index is 2410. The van der Waals surface area contributed by atoms with Crippen LogP contribution in [0.1, 0.15) is 165 Å². The standard InChI is InChI=1S/C59H96N2O16S2Si2/c1-19-29-53(5,45(63)64)37-55(7,36-52(4,21-3)48(69)73-13)49(70)75-33-34-76-50(71)56(8,40-58(10,60-12)30-28-43(62)61-31-25-35-81(17,18)77-80(14,15)16)38-54(6,46(65)66)39-57(9,51(72)74-32-20-2)41-59(11,47(67)68)79-44(78)42-26-23-22-24-27-42/h22-24,26-27H,19-21,25,28-41H2,1-11,13-18H3,(H,61,62)(H,63,64)(H,65,66)(H,67,68). The highest BCUT2D eigenvalue weighted by Crippen LogP contribution is 2.52. The van der Waals surface area contributed by atoms with Crippen molar-refractivity contribution in [2.24, 2.45) is 32.5 Å². The molecule has 18 nitrogen and oxygen atoms in total. The number of nitrogens with zero attached hydrogens (tertiary/aromatic N) is 1. The Labute approximate surface area is 494 Å². The molecule has 0 fully saturated rings.